The molecule has 0 aromatic heterocycles. The summed E-state index contributed by atoms with van der Waals surface area (Å²) < 4.78 is 0.846. The molecular formula is C11H13BrN2O2. The van der Waals surface area contributed by atoms with Crippen LogP contribution in [0.1, 0.15) is 22.3 Å². The second-order valence-corrected chi connectivity index (χ2v) is 4.35. The van der Waals surface area contributed by atoms with Gasteiger partial charge in [0.25, 0.3) is 5.91 Å². The smallest absolute Gasteiger partial charge is 0.251 e. The Labute approximate surface area is 102 Å². The summed E-state index contributed by atoms with van der Waals surface area (Å²) in [6.45, 7) is 2.12. The first-order valence-electron chi connectivity index (χ1n) is 4.83. The van der Waals surface area contributed by atoms with Gasteiger partial charge in [-0.3, -0.25) is 9.59 Å². The van der Waals surface area contributed by atoms with Gasteiger partial charge < -0.3 is 11.1 Å². The number of primary amides is 1. The van der Waals surface area contributed by atoms with Crippen molar-refractivity contribution in [3.05, 3.63) is 33.8 Å². The van der Waals surface area contributed by atoms with Gasteiger partial charge in [0.05, 0.1) is 0 Å². The Kier molecular flexibility index (Phi) is 4.49. The first kappa shape index (κ1) is 12.7. The maximum atomic E-state index is 11.7. The Hall–Kier alpha value is -1.36. The minimum Gasteiger partial charge on any atom is -0.370 e. The molecule has 16 heavy (non-hydrogen) atoms. The van der Waals surface area contributed by atoms with E-state index >= 15 is 0 Å². The van der Waals surface area contributed by atoms with E-state index in [2.05, 4.69) is 21.2 Å². The van der Waals surface area contributed by atoms with Crippen molar-refractivity contribution < 1.29 is 9.59 Å². The molecule has 0 bridgehead atoms. The highest BCUT2D eigenvalue weighted by molar-refractivity contribution is 9.10. The number of carbonyl (C=O) groups excluding carboxylic acids is 2. The summed E-state index contributed by atoms with van der Waals surface area (Å²) >= 11 is 3.30. The SMILES string of the molecule is Cc1ccc(Br)cc1C(=O)NCCC(N)=O. The predicted octanol–water partition coefficient (Wildman–Crippen LogP) is 1.36. The van der Waals surface area contributed by atoms with Crippen molar-refractivity contribution in [3.63, 3.8) is 0 Å². The molecule has 5 heteroatoms. The Bertz CT molecular complexity index is 418. The fourth-order valence-electron chi connectivity index (χ4n) is 1.23. The molecule has 0 aliphatic carbocycles. The number of hydrogen-bond acceptors (Lipinski definition) is 2. The molecule has 0 fully saturated rings. The Morgan fingerprint density at radius 1 is 1.44 bits per heavy atom. The van der Waals surface area contributed by atoms with Crippen LogP contribution in [0.2, 0.25) is 0 Å². The third-order valence-electron chi connectivity index (χ3n) is 2.10. The first-order valence-corrected chi connectivity index (χ1v) is 5.62. The maximum Gasteiger partial charge on any atom is 0.251 e. The van der Waals surface area contributed by atoms with Crippen molar-refractivity contribution in [1.29, 1.82) is 0 Å². The molecule has 0 radical (unpaired) electrons. The van der Waals surface area contributed by atoms with Gasteiger partial charge in [0.1, 0.15) is 0 Å². The molecule has 0 aliphatic heterocycles. The fraction of sp³-hybridized carbons (Fsp3) is 0.273. The van der Waals surface area contributed by atoms with E-state index in [9.17, 15) is 9.59 Å². The van der Waals surface area contributed by atoms with Crippen LogP contribution in [-0.4, -0.2) is 18.4 Å². The van der Waals surface area contributed by atoms with E-state index in [0.717, 1.165) is 10.0 Å². The molecule has 1 rings (SSSR count). The van der Waals surface area contributed by atoms with Gasteiger partial charge >= 0.3 is 0 Å². The molecule has 86 valence electrons. The lowest BCUT2D eigenvalue weighted by atomic mass is 10.1. The zero-order valence-corrected chi connectivity index (χ0v) is 10.5. The zero-order chi connectivity index (χ0) is 12.1. The lowest BCUT2D eigenvalue weighted by Crippen LogP contribution is -2.28. The monoisotopic (exact) mass is 284 g/mol. The summed E-state index contributed by atoms with van der Waals surface area (Å²) in [4.78, 5) is 22.2. The average molecular weight is 285 g/mol. The van der Waals surface area contributed by atoms with Gasteiger partial charge in [0.2, 0.25) is 5.91 Å². The summed E-state index contributed by atoms with van der Waals surface area (Å²) in [7, 11) is 0. The van der Waals surface area contributed by atoms with E-state index in [1.54, 1.807) is 6.07 Å². The van der Waals surface area contributed by atoms with Crippen LogP contribution in [0.3, 0.4) is 0 Å². The number of benzene rings is 1. The lowest BCUT2D eigenvalue weighted by Gasteiger charge is -2.07. The second kappa shape index (κ2) is 5.65. The molecule has 0 aliphatic rings. The van der Waals surface area contributed by atoms with E-state index in [4.69, 9.17) is 5.73 Å². The normalized spacial score (nSPS) is 9.88. The maximum absolute atomic E-state index is 11.7. The highest BCUT2D eigenvalue weighted by Crippen LogP contribution is 2.15. The lowest BCUT2D eigenvalue weighted by molar-refractivity contribution is -0.117. The largest absolute Gasteiger partial charge is 0.370 e. The number of rotatable bonds is 4. The third-order valence-corrected chi connectivity index (χ3v) is 2.59. The number of aryl methyl sites for hydroxylation is 1. The first-order chi connectivity index (χ1) is 7.50. The molecule has 0 saturated heterocycles. The molecule has 3 N–H and O–H groups in total. The third kappa shape index (κ3) is 3.66. The van der Waals surface area contributed by atoms with Gasteiger partial charge in [-0.1, -0.05) is 22.0 Å². The van der Waals surface area contributed by atoms with Crippen molar-refractivity contribution in [2.24, 2.45) is 5.73 Å². The Balaban J connectivity index is 2.65. The van der Waals surface area contributed by atoms with Crippen LogP contribution in [0, 0.1) is 6.92 Å². The molecule has 0 atom stereocenters. The van der Waals surface area contributed by atoms with E-state index in [1.165, 1.54) is 0 Å². The minimum atomic E-state index is -0.425. The second-order valence-electron chi connectivity index (χ2n) is 3.43. The number of halogens is 1. The molecule has 0 heterocycles. The van der Waals surface area contributed by atoms with Crippen LogP contribution in [0.15, 0.2) is 22.7 Å². The van der Waals surface area contributed by atoms with Crippen molar-refractivity contribution >= 4 is 27.7 Å². The summed E-state index contributed by atoms with van der Waals surface area (Å²) in [6, 6.07) is 5.47. The summed E-state index contributed by atoms with van der Waals surface area (Å²) in [5.74, 6) is -0.619. The standard InChI is InChI=1S/C11H13BrN2O2/c1-7-2-3-8(12)6-9(7)11(16)14-5-4-10(13)15/h2-3,6H,4-5H2,1H3,(H2,13,15)(H,14,16). The van der Waals surface area contributed by atoms with Gasteiger partial charge in [-0.2, -0.15) is 0 Å². The molecule has 0 spiro atoms. The van der Waals surface area contributed by atoms with Gasteiger partial charge in [0, 0.05) is 23.0 Å². The van der Waals surface area contributed by atoms with Crippen LogP contribution in [-0.2, 0) is 4.79 Å². The summed E-state index contributed by atoms with van der Waals surface area (Å²) in [5, 5.41) is 2.64. The summed E-state index contributed by atoms with van der Waals surface area (Å²) in [6.07, 6.45) is 0.152. The van der Waals surface area contributed by atoms with E-state index in [1.807, 2.05) is 19.1 Å². The number of carbonyl (C=O) groups is 2. The predicted molar refractivity (Wildman–Crippen MR) is 65.0 cm³/mol. The Morgan fingerprint density at radius 3 is 2.75 bits per heavy atom. The molecule has 2 amide bonds. The number of hydrogen-bond donors (Lipinski definition) is 2. The Morgan fingerprint density at radius 2 is 2.12 bits per heavy atom. The molecule has 0 unspecified atom stereocenters. The van der Waals surface area contributed by atoms with E-state index in [0.29, 0.717) is 5.56 Å². The highest BCUT2D eigenvalue weighted by Gasteiger charge is 2.08. The van der Waals surface area contributed by atoms with Crippen molar-refractivity contribution in [2.75, 3.05) is 6.54 Å². The van der Waals surface area contributed by atoms with Crippen LogP contribution < -0.4 is 11.1 Å². The fourth-order valence-corrected chi connectivity index (χ4v) is 1.59. The van der Waals surface area contributed by atoms with Gasteiger partial charge in [-0.15, -0.1) is 0 Å². The topological polar surface area (TPSA) is 72.2 Å². The van der Waals surface area contributed by atoms with Crippen LogP contribution in [0.25, 0.3) is 0 Å². The molecule has 1 aromatic rings. The average Bonchev–Trinajstić information content (AvgIpc) is 2.21. The zero-order valence-electron chi connectivity index (χ0n) is 8.92. The van der Waals surface area contributed by atoms with Crippen molar-refractivity contribution in [3.8, 4) is 0 Å². The summed E-state index contributed by atoms with van der Waals surface area (Å²) in [5.41, 5.74) is 6.46. The molecule has 4 nitrogen and oxygen atoms in total. The number of nitrogens with two attached hydrogens (primary N) is 1. The molecule has 0 saturated carbocycles. The van der Waals surface area contributed by atoms with Gasteiger partial charge in [-0.05, 0) is 24.6 Å². The number of nitrogens with one attached hydrogen (secondary N) is 1. The van der Waals surface area contributed by atoms with Gasteiger partial charge in [-0.25, -0.2) is 0 Å². The minimum absolute atomic E-state index is 0.152. The molecular weight excluding hydrogens is 272 g/mol. The van der Waals surface area contributed by atoms with Crippen LogP contribution in [0.4, 0.5) is 0 Å². The van der Waals surface area contributed by atoms with E-state index < -0.39 is 5.91 Å². The van der Waals surface area contributed by atoms with Crippen molar-refractivity contribution in [1.82, 2.24) is 5.32 Å². The van der Waals surface area contributed by atoms with Crippen molar-refractivity contribution in [2.45, 2.75) is 13.3 Å². The number of amides is 2. The quantitative estimate of drug-likeness (QED) is 0.876. The highest BCUT2D eigenvalue weighted by atomic mass is 79.9. The van der Waals surface area contributed by atoms with Crippen LogP contribution >= 0.6 is 15.9 Å². The molecule has 1 aromatic carbocycles. The van der Waals surface area contributed by atoms with Crippen LogP contribution in [0.5, 0.6) is 0 Å². The van der Waals surface area contributed by atoms with Gasteiger partial charge in [0.15, 0.2) is 0 Å². The van der Waals surface area contributed by atoms with E-state index in [-0.39, 0.29) is 18.9 Å².